The van der Waals surface area contributed by atoms with Crippen LogP contribution < -0.4 is 10.0 Å². The molecule has 2 N–H and O–H groups in total. The molecule has 4 aromatic rings. The average molecular weight is 482 g/mol. The molecule has 0 aliphatic rings. The van der Waals surface area contributed by atoms with E-state index in [0.717, 1.165) is 24.3 Å². The number of benzene rings is 3. The highest BCUT2D eigenvalue weighted by atomic mass is 32.2. The standard InChI is InChI=1S/C24H19FN2O6S/c1-2-32-24(29)22-21(19-5-3-4-6-20(19)33-22)26-23(28)15-7-11-17(12-8-15)27-34(30,31)18-13-9-16(25)10-14-18/h3-14,27H,2H2,1H3,(H,26,28). The summed E-state index contributed by atoms with van der Waals surface area (Å²) in [6.07, 6.45) is 0. The van der Waals surface area contributed by atoms with Gasteiger partial charge in [-0.15, -0.1) is 0 Å². The number of para-hydroxylation sites is 1. The minimum absolute atomic E-state index is 0.103. The van der Waals surface area contributed by atoms with Crippen LogP contribution in [0.1, 0.15) is 27.8 Å². The summed E-state index contributed by atoms with van der Waals surface area (Å²) >= 11 is 0. The van der Waals surface area contributed by atoms with Gasteiger partial charge in [-0.1, -0.05) is 12.1 Å². The fourth-order valence-corrected chi connectivity index (χ4v) is 4.27. The van der Waals surface area contributed by atoms with E-state index in [1.807, 2.05) is 0 Å². The number of sulfonamides is 1. The topological polar surface area (TPSA) is 115 Å². The quantitative estimate of drug-likeness (QED) is 0.366. The Labute approximate surface area is 194 Å². The Hall–Kier alpha value is -4.18. The van der Waals surface area contributed by atoms with Crippen molar-refractivity contribution in [2.75, 3.05) is 16.6 Å². The molecule has 3 aromatic carbocycles. The van der Waals surface area contributed by atoms with Crippen LogP contribution in [-0.4, -0.2) is 26.9 Å². The first-order chi connectivity index (χ1) is 16.3. The smallest absolute Gasteiger partial charge is 0.376 e. The number of rotatable bonds is 7. The molecule has 0 atom stereocenters. The Morgan fingerprint density at radius 3 is 2.32 bits per heavy atom. The van der Waals surface area contributed by atoms with E-state index < -0.39 is 27.7 Å². The van der Waals surface area contributed by atoms with Gasteiger partial charge in [0.2, 0.25) is 5.76 Å². The normalized spacial score (nSPS) is 11.2. The number of nitrogens with one attached hydrogen (secondary N) is 2. The van der Waals surface area contributed by atoms with Crippen molar-refractivity contribution in [1.29, 1.82) is 0 Å². The van der Waals surface area contributed by atoms with Gasteiger partial charge in [-0.2, -0.15) is 0 Å². The fourth-order valence-electron chi connectivity index (χ4n) is 3.21. The monoisotopic (exact) mass is 482 g/mol. The molecule has 10 heteroatoms. The zero-order chi connectivity index (χ0) is 24.3. The Morgan fingerprint density at radius 1 is 0.971 bits per heavy atom. The summed E-state index contributed by atoms with van der Waals surface area (Å²) in [7, 11) is -3.93. The highest BCUT2D eigenvalue weighted by Crippen LogP contribution is 2.32. The highest BCUT2D eigenvalue weighted by molar-refractivity contribution is 7.92. The first kappa shape index (κ1) is 23.0. The molecule has 0 unspecified atom stereocenters. The number of amides is 1. The number of carbonyl (C=O) groups is 2. The van der Waals surface area contributed by atoms with Gasteiger partial charge in [0, 0.05) is 16.6 Å². The van der Waals surface area contributed by atoms with Crippen molar-refractivity contribution in [3.63, 3.8) is 0 Å². The van der Waals surface area contributed by atoms with Crippen molar-refractivity contribution in [3.05, 3.63) is 89.9 Å². The molecular formula is C24H19FN2O6S. The lowest BCUT2D eigenvalue weighted by Crippen LogP contribution is -2.15. The SMILES string of the molecule is CCOC(=O)c1oc2ccccc2c1NC(=O)c1ccc(NS(=O)(=O)c2ccc(F)cc2)cc1. The predicted molar refractivity (Wildman–Crippen MR) is 124 cm³/mol. The summed E-state index contributed by atoms with van der Waals surface area (Å²) < 4.78 is 51.0. The number of halogens is 1. The minimum Gasteiger partial charge on any atom is -0.460 e. The Balaban J connectivity index is 1.55. The molecule has 0 radical (unpaired) electrons. The van der Waals surface area contributed by atoms with Crippen molar-refractivity contribution in [2.24, 2.45) is 0 Å². The molecule has 0 bridgehead atoms. The van der Waals surface area contributed by atoms with Crippen LogP contribution in [0.25, 0.3) is 11.0 Å². The minimum atomic E-state index is -3.93. The number of fused-ring (bicyclic) bond motifs is 1. The summed E-state index contributed by atoms with van der Waals surface area (Å²) in [5.41, 5.74) is 1.01. The van der Waals surface area contributed by atoms with Crippen molar-refractivity contribution in [1.82, 2.24) is 0 Å². The second-order valence-corrected chi connectivity index (χ2v) is 8.80. The lowest BCUT2D eigenvalue weighted by atomic mass is 10.1. The van der Waals surface area contributed by atoms with Crippen LogP contribution in [0.15, 0.2) is 82.1 Å². The Morgan fingerprint density at radius 2 is 1.65 bits per heavy atom. The molecule has 0 spiro atoms. The van der Waals surface area contributed by atoms with Crippen molar-refractivity contribution in [3.8, 4) is 0 Å². The number of anilines is 2. The third-order valence-electron chi connectivity index (χ3n) is 4.82. The second-order valence-electron chi connectivity index (χ2n) is 7.11. The van der Waals surface area contributed by atoms with Gasteiger partial charge in [-0.05, 0) is 67.6 Å². The van der Waals surface area contributed by atoms with Gasteiger partial charge in [0.15, 0.2) is 0 Å². The summed E-state index contributed by atoms with van der Waals surface area (Å²) in [4.78, 5) is 25.1. The predicted octanol–water partition coefficient (Wildman–Crippen LogP) is 4.80. The van der Waals surface area contributed by atoms with Gasteiger partial charge in [0.05, 0.1) is 11.5 Å². The van der Waals surface area contributed by atoms with Gasteiger partial charge >= 0.3 is 5.97 Å². The lowest BCUT2D eigenvalue weighted by Gasteiger charge is -2.09. The first-order valence-electron chi connectivity index (χ1n) is 10.2. The number of hydrogen-bond donors (Lipinski definition) is 2. The molecule has 0 fully saturated rings. The van der Waals surface area contributed by atoms with Gasteiger partial charge in [-0.25, -0.2) is 17.6 Å². The summed E-state index contributed by atoms with van der Waals surface area (Å²) in [6, 6.07) is 16.9. The van der Waals surface area contributed by atoms with Crippen molar-refractivity contribution in [2.45, 2.75) is 11.8 Å². The fraction of sp³-hybridized carbons (Fsp3) is 0.0833. The number of carbonyl (C=O) groups excluding carboxylic acids is 2. The van der Waals surface area contributed by atoms with Crippen LogP contribution in [0.4, 0.5) is 15.8 Å². The third kappa shape index (κ3) is 4.76. The van der Waals surface area contributed by atoms with Crippen LogP contribution >= 0.6 is 0 Å². The van der Waals surface area contributed by atoms with Crippen molar-refractivity contribution < 1.29 is 31.6 Å². The van der Waals surface area contributed by atoms with E-state index in [-0.39, 0.29) is 34.2 Å². The molecular weight excluding hydrogens is 463 g/mol. The molecule has 1 amide bonds. The number of esters is 1. The van der Waals surface area contributed by atoms with Crippen LogP contribution in [-0.2, 0) is 14.8 Å². The molecule has 0 aliphatic heterocycles. The van der Waals surface area contributed by atoms with E-state index in [1.165, 1.54) is 24.3 Å². The molecule has 8 nitrogen and oxygen atoms in total. The zero-order valence-electron chi connectivity index (χ0n) is 17.9. The lowest BCUT2D eigenvalue weighted by molar-refractivity contribution is 0.0494. The van der Waals surface area contributed by atoms with E-state index >= 15 is 0 Å². The molecule has 34 heavy (non-hydrogen) atoms. The molecule has 1 heterocycles. The number of hydrogen-bond acceptors (Lipinski definition) is 6. The van der Waals surface area contributed by atoms with Crippen molar-refractivity contribution >= 4 is 44.2 Å². The molecule has 0 saturated carbocycles. The van der Waals surface area contributed by atoms with Gasteiger partial charge in [0.1, 0.15) is 17.1 Å². The van der Waals surface area contributed by atoms with E-state index in [9.17, 15) is 22.4 Å². The average Bonchev–Trinajstić information content (AvgIpc) is 3.18. The van der Waals surface area contributed by atoms with Crippen LogP contribution in [0, 0.1) is 5.82 Å². The highest BCUT2D eigenvalue weighted by Gasteiger charge is 2.23. The maximum Gasteiger partial charge on any atom is 0.376 e. The maximum absolute atomic E-state index is 13.1. The van der Waals surface area contributed by atoms with E-state index in [4.69, 9.17) is 9.15 Å². The van der Waals surface area contributed by atoms with Crippen LogP contribution in [0.5, 0.6) is 0 Å². The Kier molecular flexibility index (Phi) is 6.33. The van der Waals surface area contributed by atoms with E-state index in [1.54, 1.807) is 31.2 Å². The number of ether oxygens (including phenoxy) is 1. The molecule has 0 aliphatic carbocycles. The zero-order valence-corrected chi connectivity index (χ0v) is 18.7. The molecule has 174 valence electrons. The van der Waals surface area contributed by atoms with Crippen LogP contribution in [0.3, 0.4) is 0 Å². The van der Waals surface area contributed by atoms with Gasteiger partial charge in [0.25, 0.3) is 15.9 Å². The van der Waals surface area contributed by atoms with Crippen LogP contribution in [0.2, 0.25) is 0 Å². The molecule has 0 saturated heterocycles. The summed E-state index contributed by atoms with van der Waals surface area (Å²) in [5, 5.41) is 3.21. The Bertz CT molecular complexity index is 1460. The summed E-state index contributed by atoms with van der Waals surface area (Å²) in [5.74, 6) is -1.92. The van der Waals surface area contributed by atoms with Gasteiger partial charge < -0.3 is 14.5 Å². The maximum atomic E-state index is 13.1. The largest absolute Gasteiger partial charge is 0.460 e. The van der Waals surface area contributed by atoms with Gasteiger partial charge in [-0.3, -0.25) is 9.52 Å². The third-order valence-corrected chi connectivity index (χ3v) is 6.22. The van der Waals surface area contributed by atoms with E-state index in [2.05, 4.69) is 10.0 Å². The first-order valence-corrected chi connectivity index (χ1v) is 11.7. The molecule has 1 aromatic heterocycles. The summed E-state index contributed by atoms with van der Waals surface area (Å²) in [6.45, 7) is 1.79. The molecule has 4 rings (SSSR count). The number of furan rings is 1. The second kappa shape index (κ2) is 9.36. The van der Waals surface area contributed by atoms with E-state index in [0.29, 0.717) is 11.0 Å².